The van der Waals surface area contributed by atoms with Gasteiger partial charge in [-0.15, -0.1) is 0 Å². The number of sulfonamides is 1. The lowest BCUT2D eigenvalue weighted by Crippen LogP contribution is -2.14. The molecule has 0 saturated carbocycles. The second-order valence-corrected chi connectivity index (χ2v) is 6.64. The average molecular weight is 306 g/mol. The number of hydrogen-bond donors (Lipinski definition) is 2. The Morgan fingerprint density at radius 1 is 0.952 bits per heavy atom. The smallest absolute Gasteiger partial charge is 0.238 e. The molecular weight excluding hydrogens is 288 g/mol. The third-order valence-electron chi connectivity index (χ3n) is 3.06. The molecule has 4 N–H and O–H groups in total. The van der Waals surface area contributed by atoms with Crippen LogP contribution in [0.25, 0.3) is 0 Å². The Morgan fingerprint density at radius 3 is 2.05 bits per heavy atom. The summed E-state index contributed by atoms with van der Waals surface area (Å²) in [6.07, 6.45) is 0. The molecule has 6 heteroatoms. The van der Waals surface area contributed by atoms with E-state index < -0.39 is 10.0 Å². The molecule has 0 radical (unpaired) electrons. The summed E-state index contributed by atoms with van der Waals surface area (Å²) in [5.74, 6) is 1.01. The van der Waals surface area contributed by atoms with Crippen molar-refractivity contribution in [2.24, 2.45) is 5.14 Å². The Hall–Kier alpha value is -2.05. The molecule has 0 heterocycles. The van der Waals surface area contributed by atoms with E-state index in [1.54, 1.807) is 13.0 Å². The van der Waals surface area contributed by atoms with E-state index in [-0.39, 0.29) is 10.6 Å². The maximum atomic E-state index is 11.6. The molecule has 2 rings (SSSR count). The van der Waals surface area contributed by atoms with Crippen molar-refractivity contribution in [3.63, 3.8) is 0 Å². The molecule has 0 bridgehead atoms. The summed E-state index contributed by atoms with van der Waals surface area (Å²) in [6.45, 7) is 5.56. The minimum Gasteiger partial charge on any atom is -0.457 e. The minimum absolute atomic E-state index is 0.0260. The van der Waals surface area contributed by atoms with Crippen LogP contribution in [0, 0.1) is 20.8 Å². The molecule has 0 saturated heterocycles. The van der Waals surface area contributed by atoms with Gasteiger partial charge in [0.05, 0.1) is 4.90 Å². The number of primary sulfonamides is 1. The molecule has 2 aromatic carbocycles. The second kappa shape index (κ2) is 5.38. The number of nitrogens with two attached hydrogens (primary N) is 2. The van der Waals surface area contributed by atoms with Crippen molar-refractivity contribution in [1.82, 2.24) is 0 Å². The van der Waals surface area contributed by atoms with Crippen molar-refractivity contribution in [3.05, 3.63) is 47.0 Å². The first-order valence-electron chi connectivity index (χ1n) is 6.36. The topological polar surface area (TPSA) is 95.4 Å². The molecule has 0 atom stereocenters. The highest BCUT2D eigenvalue weighted by molar-refractivity contribution is 7.89. The number of anilines is 1. The molecule has 0 aliphatic heterocycles. The normalized spacial score (nSPS) is 11.4. The van der Waals surface area contributed by atoms with Crippen LogP contribution in [0.5, 0.6) is 11.5 Å². The number of rotatable bonds is 3. The van der Waals surface area contributed by atoms with E-state index in [0.29, 0.717) is 17.1 Å². The largest absolute Gasteiger partial charge is 0.457 e. The highest BCUT2D eigenvalue weighted by Crippen LogP contribution is 2.32. The highest BCUT2D eigenvalue weighted by Gasteiger charge is 2.17. The van der Waals surface area contributed by atoms with Crippen LogP contribution in [0.3, 0.4) is 0 Å². The first-order chi connectivity index (χ1) is 9.66. The van der Waals surface area contributed by atoms with Gasteiger partial charge in [0.2, 0.25) is 10.0 Å². The maximum absolute atomic E-state index is 11.6. The predicted octanol–water partition coefficient (Wildman–Crippen LogP) is 2.63. The maximum Gasteiger partial charge on any atom is 0.238 e. The quantitative estimate of drug-likeness (QED) is 0.852. The summed E-state index contributed by atoms with van der Waals surface area (Å²) in [5.41, 5.74) is 8.56. The Kier molecular flexibility index (Phi) is 3.93. The van der Waals surface area contributed by atoms with Gasteiger partial charge < -0.3 is 10.5 Å². The summed E-state index contributed by atoms with van der Waals surface area (Å²) in [6, 6.07) is 8.67. The van der Waals surface area contributed by atoms with E-state index in [0.717, 1.165) is 11.1 Å². The van der Waals surface area contributed by atoms with E-state index in [1.807, 2.05) is 32.0 Å². The Labute approximate surface area is 124 Å². The van der Waals surface area contributed by atoms with Crippen LogP contribution >= 0.6 is 0 Å². The van der Waals surface area contributed by atoms with Crippen LogP contribution in [-0.2, 0) is 10.0 Å². The van der Waals surface area contributed by atoms with Crippen molar-refractivity contribution in [2.45, 2.75) is 25.7 Å². The lowest BCUT2D eigenvalue weighted by Gasteiger charge is -2.13. The van der Waals surface area contributed by atoms with Crippen LogP contribution in [-0.4, -0.2) is 8.42 Å². The molecule has 21 heavy (non-hydrogen) atoms. The van der Waals surface area contributed by atoms with Crippen LogP contribution in [0.4, 0.5) is 5.69 Å². The van der Waals surface area contributed by atoms with Gasteiger partial charge in [0, 0.05) is 17.3 Å². The van der Waals surface area contributed by atoms with Gasteiger partial charge in [-0.1, -0.05) is 6.07 Å². The molecule has 5 nitrogen and oxygen atoms in total. The van der Waals surface area contributed by atoms with Crippen molar-refractivity contribution in [2.75, 3.05) is 5.73 Å². The molecule has 0 aliphatic rings. The van der Waals surface area contributed by atoms with Crippen LogP contribution in [0.15, 0.2) is 35.2 Å². The average Bonchev–Trinajstić information content (AvgIpc) is 2.30. The zero-order valence-electron chi connectivity index (χ0n) is 12.2. The molecule has 0 aromatic heterocycles. The summed E-state index contributed by atoms with van der Waals surface area (Å²) in [4.78, 5) is -0.0260. The third-order valence-corrected chi connectivity index (χ3v) is 4.10. The van der Waals surface area contributed by atoms with Crippen molar-refractivity contribution in [1.29, 1.82) is 0 Å². The lowest BCUT2D eigenvalue weighted by atomic mass is 10.1. The van der Waals surface area contributed by atoms with Gasteiger partial charge in [-0.05, 0) is 50.1 Å². The lowest BCUT2D eigenvalue weighted by molar-refractivity contribution is 0.476. The van der Waals surface area contributed by atoms with Crippen LogP contribution < -0.4 is 15.6 Å². The van der Waals surface area contributed by atoms with Crippen molar-refractivity contribution >= 4 is 15.7 Å². The van der Waals surface area contributed by atoms with Gasteiger partial charge in [-0.3, -0.25) is 0 Å². The van der Waals surface area contributed by atoms with Crippen molar-refractivity contribution < 1.29 is 13.2 Å². The number of benzene rings is 2. The number of nitrogen functional groups attached to an aromatic ring is 1. The summed E-state index contributed by atoms with van der Waals surface area (Å²) in [7, 11) is -3.85. The van der Waals surface area contributed by atoms with Gasteiger partial charge in [0.25, 0.3) is 0 Å². The monoisotopic (exact) mass is 306 g/mol. The molecule has 2 aromatic rings. The van der Waals surface area contributed by atoms with Crippen molar-refractivity contribution in [3.8, 4) is 11.5 Å². The summed E-state index contributed by atoms with van der Waals surface area (Å²) >= 11 is 0. The molecule has 0 amide bonds. The van der Waals surface area contributed by atoms with Gasteiger partial charge >= 0.3 is 0 Å². The zero-order valence-corrected chi connectivity index (χ0v) is 13.0. The first-order valence-corrected chi connectivity index (χ1v) is 7.90. The molecule has 0 spiro atoms. The Balaban J connectivity index is 2.52. The minimum atomic E-state index is -3.85. The predicted molar refractivity (Wildman–Crippen MR) is 83.0 cm³/mol. The van der Waals surface area contributed by atoms with E-state index in [9.17, 15) is 8.42 Å². The first kappa shape index (κ1) is 15.3. The fourth-order valence-corrected chi connectivity index (χ4v) is 3.03. The summed E-state index contributed by atoms with van der Waals surface area (Å²) in [5, 5.41) is 5.20. The Bertz CT molecular complexity index is 779. The fourth-order valence-electron chi connectivity index (χ4n) is 2.20. The zero-order chi connectivity index (χ0) is 15.8. The van der Waals surface area contributed by atoms with E-state index in [2.05, 4.69) is 0 Å². The van der Waals surface area contributed by atoms with E-state index >= 15 is 0 Å². The Morgan fingerprint density at radius 2 is 1.52 bits per heavy atom. The third kappa shape index (κ3) is 3.53. The van der Waals surface area contributed by atoms with Crippen LogP contribution in [0.2, 0.25) is 0 Å². The van der Waals surface area contributed by atoms with E-state index in [1.165, 1.54) is 6.07 Å². The molecular formula is C15H18N2O3S. The second-order valence-electron chi connectivity index (χ2n) is 5.11. The van der Waals surface area contributed by atoms with E-state index in [4.69, 9.17) is 15.6 Å². The number of hydrogen-bond acceptors (Lipinski definition) is 4. The fraction of sp³-hybridized carbons (Fsp3) is 0.200. The summed E-state index contributed by atoms with van der Waals surface area (Å²) < 4.78 is 29.0. The van der Waals surface area contributed by atoms with Gasteiger partial charge in [-0.25, -0.2) is 13.6 Å². The van der Waals surface area contributed by atoms with Gasteiger partial charge in [0.1, 0.15) is 11.5 Å². The molecule has 112 valence electrons. The number of aryl methyl sites for hydroxylation is 2. The van der Waals surface area contributed by atoms with Crippen LogP contribution in [0.1, 0.15) is 16.7 Å². The number of ether oxygens (including phenoxy) is 1. The SMILES string of the molecule is Cc1cc(C)cc(Oc2cc(N)cc(S(N)(=O)=O)c2C)c1. The van der Waals surface area contributed by atoms with Gasteiger partial charge in [-0.2, -0.15) is 0 Å². The molecule has 0 unspecified atom stereocenters. The standard InChI is InChI=1S/C15H18N2O3S/c1-9-4-10(2)6-13(5-9)20-14-7-12(16)8-15(11(14)3)21(17,18)19/h4-8H,16H2,1-3H3,(H2,17,18,19). The molecule has 0 aliphatic carbocycles. The van der Waals surface area contributed by atoms with Gasteiger partial charge in [0.15, 0.2) is 0 Å². The highest BCUT2D eigenvalue weighted by atomic mass is 32.2. The molecule has 0 fully saturated rings.